The molecule has 2 aromatic heterocycles. The second-order valence-corrected chi connectivity index (χ2v) is 8.54. The highest BCUT2D eigenvalue weighted by atomic mass is 16.4. The predicted octanol–water partition coefficient (Wildman–Crippen LogP) is 1.10. The number of hydrogen-bond acceptors (Lipinski definition) is 5. The molecule has 7 N–H and O–H groups in total. The second-order valence-electron chi connectivity index (χ2n) is 8.54. The van der Waals surface area contributed by atoms with E-state index in [4.69, 9.17) is 5.73 Å². The molecule has 33 heavy (non-hydrogen) atoms. The summed E-state index contributed by atoms with van der Waals surface area (Å²) in [4.78, 5) is 47.4. The first-order chi connectivity index (χ1) is 15.7. The van der Waals surface area contributed by atoms with Crippen LogP contribution in [0.2, 0.25) is 0 Å². The number of aromatic amines is 2. The van der Waals surface area contributed by atoms with Crippen molar-refractivity contribution in [1.29, 1.82) is 0 Å². The summed E-state index contributed by atoms with van der Waals surface area (Å²) < 4.78 is 0. The van der Waals surface area contributed by atoms with Crippen molar-refractivity contribution in [2.75, 3.05) is 0 Å². The number of fused-ring (bicyclic) bond motifs is 1. The van der Waals surface area contributed by atoms with Gasteiger partial charge in [-0.1, -0.05) is 32.0 Å². The number of amides is 2. The third-order valence-electron chi connectivity index (χ3n) is 5.39. The molecule has 0 saturated carbocycles. The van der Waals surface area contributed by atoms with Gasteiger partial charge in [0, 0.05) is 35.4 Å². The predicted molar refractivity (Wildman–Crippen MR) is 123 cm³/mol. The summed E-state index contributed by atoms with van der Waals surface area (Å²) in [7, 11) is 0. The molecule has 0 radical (unpaired) electrons. The molecular weight excluding hydrogens is 424 g/mol. The van der Waals surface area contributed by atoms with Crippen LogP contribution in [0, 0.1) is 5.92 Å². The van der Waals surface area contributed by atoms with Crippen LogP contribution in [0.5, 0.6) is 0 Å². The molecular formula is C23H30N6O4. The zero-order chi connectivity index (χ0) is 24.0. The van der Waals surface area contributed by atoms with Gasteiger partial charge in [-0.15, -0.1) is 0 Å². The highest BCUT2D eigenvalue weighted by Crippen LogP contribution is 2.19. The molecule has 3 atom stereocenters. The molecule has 0 spiro atoms. The minimum atomic E-state index is -1.13. The Morgan fingerprint density at radius 1 is 1.06 bits per heavy atom. The van der Waals surface area contributed by atoms with Crippen molar-refractivity contribution in [3.8, 4) is 0 Å². The Hall–Kier alpha value is -3.66. The number of carbonyl (C=O) groups excluding carboxylic acids is 2. The molecule has 0 saturated heterocycles. The number of aromatic nitrogens is 3. The minimum Gasteiger partial charge on any atom is -0.480 e. The van der Waals surface area contributed by atoms with Crippen LogP contribution in [0.4, 0.5) is 0 Å². The van der Waals surface area contributed by atoms with Gasteiger partial charge in [0.25, 0.3) is 0 Å². The Bertz CT molecular complexity index is 1090. The van der Waals surface area contributed by atoms with E-state index in [1.165, 1.54) is 6.33 Å². The summed E-state index contributed by atoms with van der Waals surface area (Å²) >= 11 is 0. The molecule has 176 valence electrons. The highest BCUT2D eigenvalue weighted by Gasteiger charge is 2.29. The van der Waals surface area contributed by atoms with Crippen molar-refractivity contribution >= 4 is 28.7 Å². The number of rotatable bonds is 11. The number of carboxylic acid groups (broad SMARTS) is 1. The highest BCUT2D eigenvalue weighted by molar-refractivity contribution is 5.92. The molecule has 0 aliphatic rings. The number of nitrogens with zero attached hydrogens (tertiary/aromatic N) is 1. The summed E-state index contributed by atoms with van der Waals surface area (Å²) in [5, 5.41) is 15.7. The second kappa shape index (κ2) is 10.8. The Morgan fingerprint density at radius 2 is 1.79 bits per heavy atom. The monoisotopic (exact) mass is 454 g/mol. The van der Waals surface area contributed by atoms with Crippen molar-refractivity contribution in [3.63, 3.8) is 0 Å². The lowest BCUT2D eigenvalue weighted by Crippen LogP contribution is -2.55. The zero-order valence-electron chi connectivity index (χ0n) is 18.7. The van der Waals surface area contributed by atoms with Crippen molar-refractivity contribution in [3.05, 3.63) is 54.2 Å². The van der Waals surface area contributed by atoms with E-state index in [9.17, 15) is 19.5 Å². The molecule has 3 unspecified atom stereocenters. The number of nitrogens with two attached hydrogens (primary N) is 1. The standard InChI is InChI=1S/C23H30N6O4/c1-13(2)7-20(23(32)33)29-22(31)19(9-15-11-25-12-27-15)28-21(30)17(24)8-14-10-26-18-6-4-3-5-16(14)18/h3-6,10-13,17,19-20,26H,7-9,24H2,1-2H3,(H,25,27)(H,28,30)(H,29,31)(H,32,33). The Balaban J connectivity index is 1.71. The van der Waals surface area contributed by atoms with Gasteiger partial charge >= 0.3 is 5.97 Å². The average Bonchev–Trinajstić information content (AvgIpc) is 3.42. The first-order valence-corrected chi connectivity index (χ1v) is 10.9. The maximum Gasteiger partial charge on any atom is 0.326 e. The van der Waals surface area contributed by atoms with Crippen LogP contribution in [-0.4, -0.2) is 56.0 Å². The van der Waals surface area contributed by atoms with E-state index in [1.54, 1.807) is 6.20 Å². The van der Waals surface area contributed by atoms with Crippen molar-refractivity contribution in [1.82, 2.24) is 25.6 Å². The normalized spacial score (nSPS) is 14.1. The number of carbonyl (C=O) groups is 3. The number of benzene rings is 1. The van der Waals surface area contributed by atoms with E-state index in [2.05, 4.69) is 25.6 Å². The fraction of sp³-hybridized carbons (Fsp3) is 0.391. The molecule has 10 heteroatoms. The van der Waals surface area contributed by atoms with Crippen LogP contribution in [-0.2, 0) is 27.2 Å². The van der Waals surface area contributed by atoms with Gasteiger partial charge in [0.05, 0.1) is 12.4 Å². The number of para-hydroxylation sites is 1. The van der Waals surface area contributed by atoms with E-state index in [-0.39, 0.29) is 25.2 Å². The lowest BCUT2D eigenvalue weighted by molar-refractivity contribution is -0.142. The van der Waals surface area contributed by atoms with Crippen molar-refractivity contribution in [2.45, 2.75) is 51.2 Å². The summed E-state index contributed by atoms with van der Waals surface area (Å²) in [6.07, 6.45) is 5.49. The number of H-pyrrole nitrogens is 2. The fourth-order valence-corrected chi connectivity index (χ4v) is 3.70. The van der Waals surface area contributed by atoms with Gasteiger partial charge in [-0.25, -0.2) is 9.78 Å². The number of aliphatic carboxylic acids is 1. The number of carboxylic acids is 1. The first kappa shape index (κ1) is 24.0. The van der Waals surface area contributed by atoms with Gasteiger partial charge in [-0.2, -0.15) is 0 Å². The van der Waals surface area contributed by atoms with Crippen LogP contribution in [0.3, 0.4) is 0 Å². The molecule has 0 aliphatic heterocycles. The fourth-order valence-electron chi connectivity index (χ4n) is 3.70. The largest absolute Gasteiger partial charge is 0.480 e. The molecule has 0 aliphatic carbocycles. The topological polar surface area (TPSA) is 166 Å². The van der Waals surface area contributed by atoms with Crippen LogP contribution in [0.25, 0.3) is 10.9 Å². The summed E-state index contributed by atoms with van der Waals surface area (Å²) in [5.74, 6) is -2.16. The molecule has 0 fully saturated rings. The molecule has 2 heterocycles. The van der Waals surface area contributed by atoms with Crippen molar-refractivity contribution in [2.24, 2.45) is 11.7 Å². The maximum absolute atomic E-state index is 12.9. The smallest absolute Gasteiger partial charge is 0.326 e. The lowest BCUT2D eigenvalue weighted by Gasteiger charge is -2.23. The van der Waals surface area contributed by atoms with Crippen LogP contribution < -0.4 is 16.4 Å². The van der Waals surface area contributed by atoms with Crippen LogP contribution >= 0.6 is 0 Å². The third kappa shape index (κ3) is 6.42. The van der Waals surface area contributed by atoms with Gasteiger partial charge in [0.15, 0.2) is 0 Å². The van der Waals surface area contributed by atoms with E-state index < -0.39 is 35.9 Å². The van der Waals surface area contributed by atoms with Gasteiger partial charge in [0.2, 0.25) is 11.8 Å². The van der Waals surface area contributed by atoms with Gasteiger partial charge < -0.3 is 31.4 Å². The van der Waals surface area contributed by atoms with Gasteiger partial charge in [0.1, 0.15) is 12.1 Å². The maximum atomic E-state index is 12.9. The Kier molecular flexibility index (Phi) is 7.83. The average molecular weight is 455 g/mol. The van der Waals surface area contributed by atoms with Crippen molar-refractivity contribution < 1.29 is 19.5 Å². The molecule has 0 bridgehead atoms. The molecule has 3 aromatic rings. The van der Waals surface area contributed by atoms with E-state index >= 15 is 0 Å². The number of hydrogen-bond donors (Lipinski definition) is 6. The SMILES string of the molecule is CC(C)CC(NC(=O)C(Cc1cnc[nH]1)NC(=O)C(N)Cc1c[nH]c2ccccc12)C(=O)O. The van der Waals surface area contributed by atoms with E-state index in [0.29, 0.717) is 5.69 Å². The molecule has 2 amide bonds. The van der Waals surface area contributed by atoms with E-state index in [1.807, 2.05) is 44.3 Å². The summed E-state index contributed by atoms with van der Waals surface area (Å²) in [6, 6.07) is 4.74. The quantitative estimate of drug-likeness (QED) is 0.254. The first-order valence-electron chi connectivity index (χ1n) is 10.9. The van der Waals surface area contributed by atoms with Gasteiger partial charge in [-0.05, 0) is 30.4 Å². The molecule has 10 nitrogen and oxygen atoms in total. The van der Waals surface area contributed by atoms with Crippen LogP contribution in [0.1, 0.15) is 31.5 Å². The van der Waals surface area contributed by atoms with E-state index in [0.717, 1.165) is 16.5 Å². The number of imidazole rings is 1. The third-order valence-corrected chi connectivity index (χ3v) is 5.39. The zero-order valence-corrected chi connectivity index (χ0v) is 18.7. The summed E-state index contributed by atoms with van der Waals surface area (Å²) in [6.45, 7) is 3.74. The minimum absolute atomic E-state index is 0.0663. The Labute approximate surface area is 191 Å². The van der Waals surface area contributed by atoms with Gasteiger partial charge in [-0.3, -0.25) is 9.59 Å². The molecule has 1 aromatic carbocycles. The summed E-state index contributed by atoms with van der Waals surface area (Å²) in [5.41, 5.74) is 8.63. The Morgan fingerprint density at radius 3 is 2.45 bits per heavy atom. The lowest BCUT2D eigenvalue weighted by atomic mass is 10.0. The van der Waals surface area contributed by atoms with Crippen LogP contribution in [0.15, 0.2) is 43.0 Å². The number of nitrogens with one attached hydrogen (secondary N) is 4. The molecule has 3 rings (SSSR count).